The summed E-state index contributed by atoms with van der Waals surface area (Å²) in [5.41, 5.74) is 7.87. The van der Waals surface area contributed by atoms with E-state index in [-0.39, 0.29) is 17.9 Å². The van der Waals surface area contributed by atoms with Gasteiger partial charge in [0.05, 0.1) is 0 Å². The Balaban J connectivity index is 2.16. The molecule has 2 rings (SSSR count). The molecule has 4 N–H and O–H groups in total. The van der Waals surface area contributed by atoms with E-state index < -0.39 is 0 Å². The van der Waals surface area contributed by atoms with Crippen LogP contribution in [-0.4, -0.2) is 24.4 Å². The van der Waals surface area contributed by atoms with Crippen molar-refractivity contribution in [3.05, 3.63) is 29.3 Å². The molecule has 2 amide bonds. The first-order valence-electron chi connectivity index (χ1n) is 6.04. The standard InChI is InChI=1S/C13H17N3O2/c1-8(7-14)15-13(18)10-2-4-11-9(6-10)3-5-12(17)16-11/h2,4,6,8H,3,5,7,14H2,1H3,(H,15,18)(H,16,17). The van der Waals surface area contributed by atoms with Gasteiger partial charge in [-0.2, -0.15) is 0 Å². The number of fused-ring (bicyclic) bond motifs is 1. The van der Waals surface area contributed by atoms with Crippen LogP contribution in [0.4, 0.5) is 5.69 Å². The molecule has 0 aromatic heterocycles. The molecule has 1 aromatic rings. The third-order valence-corrected chi connectivity index (χ3v) is 2.99. The number of carbonyl (C=O) groups excluding carboxylic acids is 2. The van der Waals surface area contributed by atoms with Crippen molar-refractivity contribution in [1.82, 2.24) is 5.32 Å². The average molecular weight is 247 g/mol. The molecule has 0 aliphatic carbocycles. The number of hydrogen-bond donors (Lipinski definition) is 3. The summed E-state index contributed by atoms with van der Waals surface area (Å²) in [4.78, 5) is 23.1. The third kappa shape index (κ3) is 2.68. The Hall–Kier alpha value is -1.88. The lowest BCUT2D eigenvalue weighted by molar-refractivity contribution is -0.116. The summed E-state index contributed by atoms with van der Waals surface area (Å²) in [5.74, 6) is -0.107. The predicted molar refractivity (Wildman–Crippen MR) is 69.4 cm³/mol. The Morgan fingerprint density at radius 3 is 3.00 bits per heavy atom. The van der Waals surface area contributed by atoms with Gasteiger partial charge in [0.15, 0.2) is 0 Å². The number of anilines is 1. The van der Waals surface area contributed by atoms with Crippen LogP contribution in [0.1, 0.15) is 29.3 Å². The van der Waals surface area contributed by atoms with E-state index in [1.807, 2.05) is 13.0 Å². The molecule has 96 valence electrons. The predicted octanol–water partition coefficient (Wildman–Crippen LogP) is 0.648. The topological polar surface area (TPSA) is 84.2 Å². The SMILES string of the molecule is CC(CN)NC(=O)c1ccc2c(c1)CCC(=O)N2. The molecule has 1 aliphatic rings. The first-order valence-corrected chi connectivity index (χ1v) is 6.04. The van der Waals surface area contributed by atoms with Gasteiger partial charge < -0.3 is 16.4 Å². The smallest absolute Gasteiger partial charge is 0.251 e. The third-order valence-electron chi connectivity index (χ3n) is 2.99. The number of rotatable bonds is 3. The lowest BCUT2D eigenvalue weighted by Crippen LogP contribution is -2.37. The summed E-state index contributed by atoms with van der Waals surface area (Å²) in [7, 11) is 0. The lowest BCUT2D eigenvalue weighted by atomic mass is 10.00. The van der Waals surface area contributed by atoms with E-state index in [4.69, 9.17) is 5.73 Å². The van der Waals surface area contributed by atoms with Crippen molar-refractivity contribution in [1.29, 1.82) is 0 Å². The highest BCUT2D eigenvalue weighted by Crippen LogP contribution is 2.23. The highest BCUT2D eigenvalue weighted by molar-refractivity contribution is 5.98. The molecule has 1 heterocycles. The van der Waals surface area contributed by atoms with Crippen LogP contribution in [0.25, 0.3) is 0 Å². The van der Waals surface area contributed by atoms with E-state index in [9.17, 15) is 9.59 Å². The maximum atomic E-state index is 11.9. The molecule has 0 saturated heterocycles. The molecule has 0 bridgehead atoms. The molecular weight excluding hydrogens is 230 g/mol. The molecule has 5 heteroatoms. The largest absolute Gasteiger partial charge is 0.348 e. The van der Waals surface area contributed by atoms with Crippen molar-refractivity contribution >= 4 is 17.5 Å². The Bertz CT molecular complexity index is 485. The molecule has 1 atom stereocenters. The molecule has 18 heavy (non-hydrogen) atoms. The maximum absolute atomic E-state index is 11.9. The number of benzene rings is 1. The van der Waals surface area contributed by atoms with Crippen LogP contribution in [0.2, 0.25) is 0 Å². The van der Waals surface area contributed by atoms with Crippen LogP contribution in [-0.2, 0) is 11.2 Å². The van der Waals surface area contributed by atoms with Gasteiger partial charge in [-0.1, -0.05) is 0 Å². The summed E-state index contributed by atoms with van der Waals surface area (Å²) in [6.45, 7) is 2.27. The van der Waals surface area contributed by atoms with E-state index >= 15 is 0 Å². The van der Waals surface area contributed by atoms with Crippen LogP contribution in [0.3, 0.4) is 0 Å². The maximum Gasteiger partial charge on any atom is 0.251 e. The minimum atomic E-state index is -0.132. The van der Waals surface area contributed by atoms with Crippen LogP contribution in [0.5, 0.6) is 0 Å². The van der Waals surface area contributed by atoms with Gasteiger partial charge in [0.2, 0.25) is 5.91 Å². The van der Waals surface area contributed by atoms with E-state index in [2.05, 4.69) is 10.6 Å². The molecule has 1 unspecified atom stereocenters. The molecule has 1 aromatic carbocycles. The van der Waals surface area contributed by atoms with E-state index in [0.717, 1.165) is 11.3 Å². The molecule has 0 saturated carbocycles. The number of hydrogen-bond acceptors (Lipinski definition) is 3. The average Bonchev–Trinajstić information content (AvgIpc) is 2.37. The number of nitrogens with one attached hydrogen (secondary N) is 2. The van der Waals surface area contributed by atoms with Gasteiger partial charge in [0, 0.05) is 30.3 Å². The molecular formula is C13H17N3O2. The van der Waals surface area contributed by atoms with E-state index in [1.54, 1.807) is 12.1 Å². The molecule has 0 spiro atoms. The van der Waals surface area contributed by atoms with Crippen molar-refractivity contribution < 1.29 is 9.59 Å². The van der Waals surface area contributed by atoms with E-state index in [0.29, 0.717) is 24.9 Å². The van der Waals surface area contributed by atoms with Gasteiger partial charge in [0.25, 0.3) is 5.91 Å². The molecule has 0 fully saturated rings. The van der Waals surface area contributed by atoms with Crippen molar-refractivity contribution in [2.45, 2.75) is 25.8 Å². The van der Waals surface area contributed by atoms with Gasteiger partial charge in [0.1, 0.15) is 0 Å². The van der Waals surface area contributed by atoms with Crippen molar-refractivity contribution in [3.8, 4) is 0 Å². The van der Waals surface area contributed by atoms with Crippen LogP contribution in [0, 0.1) is 0 Å². The normalized spacial score (nSPS) is 15.6. The monoisotopic (exact) mass is 247 g/mol. The molecule has 5 nitrogen and oxygen atoms in total. The lowest BCUT2D eigenvalue weighted by Gasteiger charge is -2.18. The second kappa shape index (κ2) is 5.18. The van der Waals surface area contributed by atoms with Gasteiger partial charge in [-0.25, -0.2) is 0 Å². The van der Waals surface area contributed by atoms with Gasteiger partial charge in [-0.05, 0) is 37.1 Å². The summed E-state index contributed by atoms with van der Waals surface area (Å²) in [6.07, 6.45) is 1.14. The van der Waals surface area contributed by atoms with Crippen LogP contribution in [0.15, 0.2) is 18.2 Å². The number of carbonyl (C=O) groups is 2. The zero-order valence-corrected chi connectivity index (χ0v) is 10.3. The highest BCUT2D eigenvalue weighted by atomic mass is 16.2. The Labute approximate surface area is 106 Å². The highest BCUT2D eigenvalue weighted by Gasteiger charge is 2.17. The minimum absolute atomic E-state index is 0.0245. The number of amides is 2. The van der Waals surface area contributed by atoms with Crippen LogP contribution < -0.4 is 16.4 Å². The summed E-state index contributed by atoms with van der Waals surface area (Å²) in [6, 6.07) is 5.26. The Morgan fingerprint density at radius 2 is 2.28 bits per heavy atom. The summed E-state index contributed by atoms with van der Waals surface area (Å²) in [5, 5.41) is 5.60. The number of nitrogens with two attached hydrogens (primary N) is 1. The Kier molecular flexibility index (Phi) is 3.62. The minimum Gasteiger partial charge on any atom is -0.348 e. The fourth-order valence-electron chi connectivity index (χ4n) is 1.89. The Morgan fingerprint density at radius 1 is 1.50 bits per heavy atom. The van der Waals surface area contributed by atoms with Crippen molar-refractivity contribution in [2.75, 3.05) is 11.9 Å². The summed E-state index contributed by atoms with van der Waals surface area (Å²) < 4.78 is 0. The zero-order chi connectivity index (χ0) is 13.1. The zero-order valence-electron chi connectivity index (χ0n) is 10.3. The van der Waals surface area contributed by atoms with Gasteiger partial charge in [-0.15, -0.1) is 0 Å². The fraction of sp³-hybridized carbons (Fsp3) is 0.385. The van der Waals surface area contributed by atoms with Gasteiger partial charge >= 0.3 is 0 Å². The quantitative estimate of drug-likeness (QED) is 0.733. The van der Waals surface area contributed by atoms with Crippen molar-refractivity contribution in [2.24, 2.45) is 5.73 Å². The van der Waals surface area contributed by atoms with Gasteiger partial charge in [-0.3, -0.25) is 9.59 Å². The van der Waals surface area contributed by atoms with Crippen molar-refractivity contribution in [3.63, 3.8) is 0 Å². The molecule has 1 aliphatic heterocycles. The fourth-order valence-corrected chi connectivity index (χ4v) is 1.89. The van der Waals surface area contributed by atoms with E-state index in [1.165, 1.54) is 0 Å². The number of aryl methyl sites for hydroxylation is 1. The first kappa shape index (κ1) is 12.6. The second-order valence-electron chi connectivity index (χ2n) is 4.53. The first-order chi connectivity index (χ1) is 8.60. The molecule has 0 radical (unpaired) electrons. The second-order valence-corrected chi connectivity index (χ2v) is 4.53. The summed E-state index contributed by atoms with van der Waals surface area (Å²) >= 11 is 0. The van der Waals surface area contributed by atoms with Crippen LogP contribution >= 0.6 is 0 Å².